The van der Waals surface area contributed by atoms with Gasteiger partial charge in [-0.15, -0.1) is 0 Å². The summed E-state index contributed by atoms with van der Waals surface area (Å²) in [4.78, 5) is 0. The van der Waals surface area contributed by atoms with Crippen molar-refractivity contribution >= 4 is 0 Å². The first kappa shape index (κ1) is 15.8. The lowest BCUT2D eigenvalue weighted by atomic mass is 10.1. The van der Waals surface area contributed by atoms with Crippen LogP contribution in [0, 0.1) is 0 Å². The zero-order chi connectivity index (χ0) is 14.3. The highest BCUT2D eigenvalue weighted by Gasteiger charge is 2.12. The van der Waals surface area contributed by atoms with E-state index in [1.165, 1.54) is 0 Å². The van der Waals surface area contributed by atoms with Crippen LogP contribution < -0.4 is 15.2 Å². The molecule has 2 unspecified atom stereocenters. The van der Waals surface area contributed by atoms with Gasteiger partial charge in [-0.05, 0) is 24.6 Å². The monoisotopic (exact) mass is 269 g/mol. The van der Waals surface area contributed by atoms with Crippen LogP contribution in [0.15, 0.2) is 18.2 Å². The summed E-state index contributed by atoms with van der Waals surface area (Å²) in [5.41, 5.74) is 7.04. The van der Waals surface area contributed by atoms with Crippen molar-refractivity contribution < 1.29 is 18.9 Å². The summed E-state index contributed by atoms with van der Waals surface area (Å²) >= 11 is 0. The molecule has 0 aliphatic heterocycles. The number of hydrogen-bond acceptors (Lipinski definition) is 5. The second-order valence-corrected chi connectivity index (χ2v) is 4.32. The number of rotatable bonds is 8. The number of ether oxygens (including phenoxy) is 4. The molecule has 0 spiro atoms. The highest BCUT2D eigenvalue weighted by atomic mass is 16.5. The first-order chi connectivity index (χ1) is 9.12. The molecule has 0 aliphatic rings. The normalized spacial score (nSPS) is 13.9. The van der Waals surface area contributed by atoms with Crippen molar-refractivity contribution in [2.24, 2.45) is 5.73 Å². The molecule has 0 fully saturated rings. The third-order valence-electron chi connectivity index (χ3n) is 2.80. The minimum atomic E-state index is -0.209. The minimum absolute atomic E-state index is 0.0243. The van der Waals surface area contributed by atoms with Crippen molar-refractivity contribution in [3.05, 3.63) is 23.8 Å². The van der Waals surface area contributed by atoms with Gasteiger partial charge < -0.3 is 24.7 Å². The van der Waals surface area contributed by atoms with Crippen molar-refractivity contribution in [2.75, 3.05) is 34.5 Å². The van der Waals surface area contributed by atoms with E-state index in [1.54, 1.807) is 21.3 Å². The molecule has 0 amide bonds. The molecule has 1 aromatic rings. The summed E-state index contributed by atoms with van der Waals surface area (Å²) in [6.07, 6.45) is 0.0243. The molecule has 19 heavy (non-hydrogen) atoms. The van der Waals surface area contributed by atoms with Gasteiger partial charge in [0.2, 0.25) is 0 Å². The molecule has 0 saturated carbocycles. The predicted molar refractivity (Wildman–Crippen MR) is 73.8 cm³/mol. The fourth-order valence-corrected chi connectivity index (χ4v) is 1.73. The van der Waals surface area contributed by atoms with E-state index in [0.29, 0.717) is 24.7 Å². The third kappa shape index (κ3) is 4.70. The molecule has 0 aromatic heterocycles. The maximum atomic E-state index is 6.09. The Bertz CT molecular complexity index is 384. The van der Waals surface area contributed by atoms with Gasteiger partial charge in [0.25, 0.3) is 0 Å². The van der Waals surface area contributed by atoms with Gasteiger partial charge >= 0.3 is 0 Å². The van der Waals surface area contributed by atoms with E-state index in [2.05, 4.69) is 0 Å². The van der Waals surface area contributed by atoms with Crippen LogP contribution in [0.4, 0.5) is 0 Å². The molecular formula is C14H23NO4. The van der Waals surface area contributed by atoms with Crippen molar-refractivity contribution in [2.45, 2.75) is 19.1 Å². The van der Waals surface area contributed by atoms with Gasteiger partial charge in [0.15, 0.2) is 11.5 Å². The molecule has 1 rings (SSSR count). The molecule has 108 valence electrons. The second-order valence-electron chi connectivity index (χ2n) is 4.32. The second kappa shape index (κ2) is 7.99. The van der Waals surface area contributed by atoms with E-state index in [0.717, 1.165) is 5.56 Å². The van der Waals surface area contributed by atoms with Crippen LogP contribution in [0.3, 0.4) is 0 Å². The van der Waals surface area contributed by atoms with Gasteiger partial charge in [0.05, 0.1) is 39.6 Å². The third-order valence-corrected chi connectivity index (χ3v) is 2.80. The summed E-state index contributed by atoms with van der Waals surface area (Å²) in [5, 5.41) is 0. The Balaban J connectivity index is 2.64. The molecule has 0 saturated heterocycles. The van der Waals surface area contributed by atoms with Gasteiger partial charge in [0, 0.05) is 7.11 Å². The quantitative estimate of drug-likeness (QED) is 0.779. The maximum absolute atomic E-state index is 6.09. The lowest BCUT2D eigenvalue weighted by molar-refractivity contribution is 0.00327. The Kier molecular flexibility index (Phi) is 6.62. The smallest absolute Gasteiger partial charge is 0.161 e. The Morgan fingerprint density at radius 1 is 1.05 bits per heavy atom. The van der Waals surface area contributed by atoms with Gasteiger partial charge in [-0.1, -0.05) is 6.07 Å². The van der Waals surface area contributed by atoms with E-state index >= 15 is 0 Å². The average Bonchev–Trinajstić information content (AvgIpc) is 2.44. The number of hydrogen-bond donors (Lipinski definition) is 1. The van der Waals surface area contributed by atoms with E-state index in [9.17, 15) is 0 Å². The van der Waals surface area contributed by atoms with E-state index in [4.69, 9.17) is 24.7 Å². The van der Waals surface area contributed by atoms with E-state index in [-0.39, 0.29) is 12.1 Å². The molecule has 1 aromatic carbocycles. The minimum Gasteiger partial charge on any atom is -0.493 e. The molecule has 5 heteroatoms. The van der Waals surface area contributed by atoms with E-state index in [1.807, 2.05) is 25.1 Å². The largest absolute Gasteiger partial charge is 0.493 e. The maximum Gasteiger partial charge on any atom is 0.161 e. The number of benzene rings is 1. The predicted octanol–water partition coefficient (Wildman–Crippen LogP) is 1.76. The van der Waals surface area contributed by atoms with Crippen LogP contribution in [0.5, 0.6) is 11.5 Å². The zero-order valence-corrected chi connectivity index (χ0v) is 12.0. The molecule has 0 bridgehead atoms. The van der Waals surface area contributed by atoms with Crippen LogP contribution in [-0.2, 0) is 9.47 Å². The van der Waals surface area contributed by atoms with Crippen molar-refractivity contribution in [3.63, 3.8) is 0 Å². The summed E-state index contributed by atoms with van der Waals surface area (Å²) in [6.45, 7) is 2.93. The van der Waals surface area contributed by atoms with Crippen LogP contribution in [0.25, 0.3) is 0 Å². The molecule has 2 N–H and O–H groups in total. The highest BCUT2D eigenvalue weighted by Crippen LogP contribution is 2.29. The first-order valence-electron chi connectivity index (χ1n) is 6.20. The van der Waals surface area contributed by atoms with Crippen molar-refractivity contribution in [3.8, 4) is 11.5 Å². The summed E-state index contributed by atoms with van der Waals surface area (Å²) in [5.74, 6) is 1.35. The number of nitrogens with two attached hydrogens (primary N) is 1. The lowest BCUT2D eigenvalue weighted by Crippen LogP contribution is -2.23. The Labute approximate surface area is 114 Å². The Morgan fingerprint density at radius 3 is 2.32 bits per heavy atom. The van der Waals surface area contributed by atoms with Gasteiger partial charge in [-0.3, -0.25) is 0 Å². The Hall–Kier alpha value is -1.30. The molecule has 0 radical (unpaired) electrons. The van der Waals surface area contributed by atoms with Crippen LogP contribution in [-0.4, -0.2) is 40.6 Å². The van der Waals surface area contributed by atoms with Crippen molar-refractivity contribution in [1.29, 1.82) is 0 Å². The summed E-state index contributed by atoms with van der Waals surface area (Å²) < 4.78 is 21.0. The Morgan fingerprint density at radius 2 is 1.74 bits per heavy atom. The zero-order valence-electron chi connectivity index (χ0n) is 12.0. The van der Waals surface area contributed by atoms with Crippen molar-refractivity contribution in [1.82, 2.24) is 0 Å². The van der Waals surface area contributed by atoms with Gasteiger partial charge in [0.1, 0.15) is 0 Å². The van der Waals surface area contributed by atoms with Gasteiger partial charge in [-0.2, -0.15) is 0 Å². The lowest BCUT2D eigenvalue weighted by Gasteiger charge is -2.18. The summed E-state index contributed by atoms with van der Waals surface area (Å²) in [6, 6.07) is 5.41. The van der Waals surface area contributed by atoms with Crippen LogP contribution in [0.1, 0.15) is 18.5 Å². The fraction of sp³-hybridized carbons (Fsp3) is 0.571. The topological polar surface area (TPSA) is 62.9 Å². The van der Waals surface area contributed by atoms with E-state index < -0.39 is 0 Å². The molecule has 5 nitrogen and oxygen atoms in total. The number of methoxy groups -OCH3 is 3. The standard InChI is InChI=1S/C14H23NO4/c1-10(8-16-2)19-9-12(15)11-5-6-13(17-3)14(7-11)18-4/h5-7,10,12H,8-9,15H2,1-4H3. The average molecular weight is 269 g/mol. The van der Waals surface area contributed by atoms with Crippen LogP contribution >= 0.6 is 0 Å². The first-order valence-corrected chi connectivity index (χ1v) is 6.20. The SMILES string of the molecule is COCC(C)OCC(N)c1ccc(OC)c(OC)c1. The van der Waals surface area contributed by atoms with Crippen LogP contribution in [0.2, 0.25) is 0 Å². The molecular weight excluding hydrogens is 246 g/mol. The molecule has 2 atom stereocenters. The molecule has 0 heterocycles. The highest BCUT2D eigenvalue weighted by molar-refractivity contribution is 5.43. The fourth-order valence-electron chi connectivity index (χ4n) is 1.73. The summed E-state index contributed by atoms with van der Waals surface area (Å²) in [7, 11) is 4.85. The molecule has 0 aliphatic carbocycles. The van der Waals surface area contributed by atoms with Gasteiger partial charge in [-0.25, -0.2) is 0 Å².